The van der Waals surface area contributed by atoms with Crippen molar-refractivity contribution in [2.45, 2.75) is 6.04 Å². The Hall–Kier alpha value is -2.83. The van der Waals surface area contributed by atoms with Crippen LogP contribution in [0.4, 0.5) is 4.79 Å². The van der Waals surface area contributed by atoms with Gasteiger partial charge in [-0.1, -0.05) is 30.3 Å². The highest BCUT2D eigenvalue weighted by Gasteiger charge is 2.39. The molecule has 2 aliphatic heterocycles. The van der Waals surface area contributed by atoms with Crippen molar-refractivity contribution >= 4 is 12.0 Å². The Morgan fingerprint density at radius 3 is 2.91 bits per heavy atom. The van der Waals surface area contributed by atoms with Crippen LogP contribution in [-0.4, -0.2) is 64.1 Å². The second-order valence-electron chi connectivity index (χ2n) is 5.67. The molecule has 1 unspecified atom stereocenters. The van der Waals surface area contributed by atoms with Gasteiger partial charge in [-0.05, 0) is 0 Å². The van der Waals surface area contributed by atoms with Crippen LogP contribution in [0.5, 0.6) is 0 Å². The van der Waals surface area contributed by atoms with Gasteiger partial charge in [0.15, 0.2) is 0 Å². The Morgan fingerprint density at radius 2 is 2.09 bits per heavy atom. The number of nitrogens with one attached hydrogen (secondary N) is 1. The number of rotatable bonds is 2. The number of amides is 2. The van der Waals surface area contributed by atoms with Crippen molar-refractivity contribution < 1.29 is 14.3 Å². The Kier molecular flexibility index (Phi) is 3.25. The van der Waals surface area contributed by atoms with Gasteiger partial charge in [0.05, 0.1) is 12.4 Å². The standard InChI is InChI=1S/C16H16N4O3/c21-15(19-6-7-20-12(8-19)9-23-16(20)22)14-13(17-10-18-14)11-4-2-1-3-5-11/h1-5,10,12H,6-9H2,(H,17,18). The van der Waals surface area contributed by atoms with Crippen molar-refractivity contribution in [2.75, 3.05) is 26.2 Å². The lowest BCUT2D eigenvalue weighted by Crippen LogP contribution is -2.53. The van der Waals surface area contributed by atoms with Gasteiger partial charge in [0.2, 0.25) is 0 Å². The van der Waals surface area contributed by atoms with Crippen LogP contribution in [0.3, 0.4) is 0 Å². The number of aromatic nitrogens is 2. The van der Waals surface area contributed by atoms with E-state index in [1.165, 1.54) is 6.33 Å². The largest absolute Gasteiger partial charge is 0.447 e. The predicted molar refractivity (Wildman–Crippen MR) is 81.8 cm³/mol. The molecule has 7 heteroatoms. The third-order valence-corrected chi connectivity index (χ3v) is 4.30. The molecule has 2 aromatic rings. The van der Waals surface area contributed by atoms with Crippen molar-refractivity contribution in [1.29, 1.82) is 0 Å². The number of carbonyl (C=O) groups excluding carboxylic acids is 2. The summed E-state index contributed by atoms with van der Waals surface area (Å²) in [6.07, 6.45) is 1.25. The van der Waals surface area contributed by atoms with Crippen LogP contribution in [-0.2, 0) is 4.74 Å². The molecule has 0 saturated carbocycles. The number of benzene rings is 1. The molecule has 2 saturated heterocycles. The zero-order valence-electron chi connectivity index (χ0n) is 12.4. The monoisotopic (exact) mass is 312 g/mol. The van der Waals surface area contributed by atoms with Gasteiger partial charge in [0, 0.05) is 25.2 Å². The molecule has 0 bridgehead atoms. The van der Waals surface area contributed by atoms with E-state index in [9.17, 15) is 9.59 Å². The normalized spacial score (nSPS) is 20.3. The van der Waals surface area contributed by atoms with Crippen LogP contribution in [0.1, 0.15) is 10.5 Å². The molecule has 1 aromatic heterocycles. The number of ether oxygens (including phenoxy) is 1. The van der Waals surface area contributed by atoms with E-state index in [1.807, 2.05) is 30.3 Å². The van der Waals surface area contributed by atoms with Gasteiger partial charge in [0.1, 0.15) is 18.0 Å². The van der Waals surface area contributed by atoms with E-state index < -0.39 is 0 Å². The van der Waals surface area contributed by atoms with Crippen molar-refractivity contribution in [3.05, 3.63) is 42.4 Å². The molecule has 2 amide bonds. The van der Waals surface area contributed by atoms with Gasteiger partial charge in [-0.3, -0.25) is 9.69 Å². The second-order valence-corrected chi connectivity index (χ2v) is 5.67. The van der Waals surface area contributed by atoms with Gasteiger partial charge in [-0.25, -0.2) is 9.78 Å². The number of carbonyl (C=O) groups is 2. The van der Waals surface area contributed by atoms with E-state index in [4.69, 9.17) is 4.74 Å². The minimum atomic E-state index is -0.284. The maximum Gasteiger partial charge on any atom is 0.410 e. The average molecular weight is 312 g/mol. The lowest BCUT2D eigenvalue weighted by atomic mass is 10.1. The summed E-state index contributed by atoms with van der Waals surface area (Å²) in [4.78, 5) is 35.1. The van der Waals surface area contributed by atoms with E-state index in [0.717, 1.165) is 5.56 Å². The molecule has 2 aliphatic rings. The smallest absolute Gasteiger partial charge is 0.410 e. The Labute approximate surface area is 132 Å². The van der Waals surface area contributed by atoms with E-state index in [1.54, 1.807) is 9.80 Å². The Morgan fingerprint density at radius 1 is 1.26 bits per heavy atom. The first-order valence-electron chi connectivity index (χ1n) is 7.55. The van der Waals surface area contributed by atoms with E-state index in [2.05, 4.69) is 9.97 Å². The number of cyclic esters (lactones) is 1. The number of aromatic amines is 1. The number of hydrogen-bond donors (Lipinski definition) is 1. The van der Waals surface area contributed by atoms with Gasteiger partial charge in [-0.2, -0.15) is 0 Å². The first-order chi connectivity index (χ1) is 11.2. The molecular weight excluding hydrogens is 296 g/mol. The fraction of sp³-hybridized carbons (Fsp3) is 0.312. The number of fused-ring (bicyclic) bond motifs is 1. The van der Waals surface area contributed by atoms with Crippen LogP contribution in [0.2, 0.25) is 0 Å². The summed E-state index contributed by atoms with van der Waals surface area (Å²) in [6.45, 7) is 1.83. The molecule has 3 heterocycles. The molecule has 0 radical (unpaired) electrons. The Bertz CT molecular complexity index is 743. The Balaban J connectivity index is 1.57. The van der Waals surface area contributed by atoms with E-state index in [0.29, 0.717) is 37.6 Å². The first-order valence-corrected chi connectivity index (χ1v) is 7.55. The van der Waals surface area contributed by atoms with Crippen LogP contribution in [0.25, 0.3) is 11.3 Å². The van der Waals surface area contributed by atoms with Gasteiger partial charge in [0.25, 0.3) is 5.91 Å². The third kappa shape index (κ3) is 2.34. The summed E-state index contributed by atoms with van der Waals surface area (Å²) in [6, 6.07) is 9.55. The van der Waals surface area contributed by atoms with Crippen LogP contribution >= 0.6 is 0 Å². The highest BCUT2D eigenvalue weighted by Crippen LogP contribution is 2.23. The molecule has 0 spiro atoms. The average Bonchev–Trinajstić information content (AvgIpc) is 3.22. The predicted octanol–water partition coefficient (Wildman–Crippen LogP) is 1.35. The van der Waals surface area contributed by atoms with Crippen LogP contribution < -0.4 is 0 Å². The number of imidazole rings is 1. The first kappa shape index (κ1) is 13.8. The van der Waals surface area contributed by atoms with Crippen LogP contribution in [0.15, 0.2) is 36.7 Å². The quantitative estimate of drug-likeness (QED) is 0.908. The van der Waals surface area contributed by atoms with E-state index >= 15 is 0 Å². The molecule has 1 N–H and O–H groups in total. The molecule has 23 heavy (non-hydrogen) atoms. The molecule has 1 aromatic carbocycles. The van der Waals surface area contributed by atoms with Crippen molar-refractivity contribution in [3.63, 3.8) is 0 Å². The van der Waals surface area contributed by atoms with Crippen molar-refractivity contribution in [1.82, 2.24) is 19.8 Å². The molecule has 2 fully saturated rings. The summed E-state index contributed by atoms with van der Waals surface area (Å²) >= 11 is 0. The fourth-order valence-electron chi connectivity index (χ4n) is 3.10. The van der Waals surface area contributed by atoms with Crippen LogP contribution in [0, 0.1) is 0 Å². The summed E-state index contributed by atoms with van der Waals surface area (Å²) in [5.41, 5.74) is 2.03. The number of piperazine rings is 1. The molecule has 4 rings (SSSR count). The highest BCUT2D eigenvalue weighted by atomic mass is 16.6. The maximum atomic E-state index is 12.8. The topological polar surface area (TPSA) is 78.5 Å². The third-order valence-electron chi connectivity index (χ3n) is 4.30. The van der Waals surface area contributed by atoms with Gasteiger partial charge >= 0.3 is 6.09 Å². The molecule has 1 atom stereocenters. The summed E-state index contributed by atoms with van der Waals surface area (Å²) in [5, 5.41) is 0. The lowest BCUT2D eigenvalue weighted by molar-refractivity contribution is 0.0612. The fourth-order valence-corrected chi connectivity index (χ4v) is 3.10. The van der Waals surface area contributed by atoms with Crippen molar-refractivity contribution in [3.8, 4) is 11.3 Å². The minimum Gasteiger partial charge on any atom is -0.447 e. The molecule has 118 valence electrons. The highest BCUT2D eigenvalue weighted by molar-refractivity contribution is 5.98. The van der Waals surface area contributed by atoms with Gasteiger partial charge < -0.3 is 14.6 Å². The molecular formula is C16H16N4O3. The second kappa shape index (κ2) is 5.42. The zero-order valence-corrected chi connectivity index (χ0v) is 12.4. The zero-order chi connectivity index (χ0) is 15.8. The number of hydrogen-bond acceptors (Lipinski definition) is 4. The molecule has 7 nitrogen and oxygen atoms in total. The minimum absolute atomic E-state index is 0.0525. The SMILES string of the molecule is O=C(c1[nH]cnc1-c1ccccc1)N1CCN2C(=O)OCC2C1. The summed E-state index contributed by atoms with van der Waals surface area (Å²) in [7, 11) is 0. The van der Waals surface area contributed by atoms with E-state index in [-0.39, 0.29) is 18.0 Å². The summed E-state index contributed by atoms with van der Waals surface area (Å²) < 4.78 is 5.04. The number of nitrogens with zero attached hydrogens (tertiary/aromatic N) is 3. The maximum absolute atomic E-state index is 12.8. The molecule has 0 aliphatic carbocycles. The lowest BCUT2D eigenvalue weighted by Gasteiger charge is -2.35. The number of H-pyrrole nitrogens is 1. The summed E-state index contributed by atoms with van der Waals surface area (Å²) in [5.74, 6) is -0.0969. The van der Waals surface area contributed by atoms with Gasteiger partial charge in [-0.15, -0.1) is 0 Å². The van der Waals surface area contributed by atoms with Crippen molar-refractivity contribution in [2.24, 2.45) is 0 Å².